The number of benzene rings is 2. The van der Waals surface area contributed by atoms with Gasteiger partial charge in [-0.05, 0) is 54.6 Å². The second-order valence-electron chi connectivity index (χ2n) is 8.22. The van der Waals surface area contributed by atoms with Gasteiger partial charge in [0.1, 0.15) is 0 Å². The van der Waals surface area contributed by atoms with Gasteiger partial charge in [0, 0.05) is 42.9 Å². The lowest BCUT2D eigenvalue weighted by molar-refractivity contribution is 0.0950. The minimum Gasteiger partial charge on any atom is -0.493 e. The number of nitrogens with zero attached hydrogens (tertiary/aromatic N) is 2. The Morgan fingerprint density at radius 3 is 2.59 bits per heavy atom. The van der Waals surface area contributed by atoms with Crippen molar-refractivity contribution in [1.82, 2.24) is 15.2 Å². The first-order valence-corrected chi connectivity index (χ1v) is 11.0. The highest BCUT2D eigenvalue weighted by molar-refractivity contribution is 6.04. The van der Waals surface area contributed by atoms with Gasteiger partial charge in [0.15, 0.2) is 11.5 Å². The molecule has 1 aromatic heterocycles. The number of aromatic nitrogens is 1. The summed E-state index contributed by atoms with van der Waals surface area (Å²) in [5.74, 6) is 0.566. The topological polar surface area (TPSA) is 92.8 Å². The Kier molecular flexibility index (Phi) is 7.08. The van der Waals surface area contributed by atoms with Crippen molar-refractivity contribution >= 4 is 17.5 Å². The molecule has 2 N–H and O–H groups in total. The number of ether oxygens (including phenoxy) is 2. The van der Waals surface area contributed by atoms with E-state index < -0.39 is 0 Å². The first-order chi connectivity index (χ1) is 16.5. The van der Waals surface area contributed by atoms with E-state index in [0.717, 1.165) is 36.3 Å². The molecule has 0 bridgehead atoms. The molecule has 4 rings (SSSR count). The molecular formula is C26H28N4O4. The first kappa shape index (κ1) is 23.3. The van der Waals surface area contributed by atoms with E-state index in [1.165, 1.54) is 7.11 Å². The number of likely N-dealkylation sites (N-methyl/N-ethyl adjacent to an activating group) is 1. The van der Waals surface area contributed by atoms with E-state index in [1.54, 1.807) is 49.7 Å². The highest BCUT2D eigenvalue weighted by Crippen LogP contribution is 2.27. The van der Waals surface area contributed by atoms with Gasteiger partial charge in [-0.2, -0.15) is 0 Å². The Bertz CT molecular complexity index is 1210. The van der Waals surface area contributed by atoms with Crippen molar-refractivity contribution in [2.24, 2.45) is 0 Å². The van der Waals surface area contributed by atoms with Gasteiger partial charge in [0.2, 0.25) is 0 Å². The van der Waals surface area contributed by atoms with Crippen LogP contribution in [0.4, 0.5) is 5.69 Å². The van der Waals surface area contributed by atoms with E-state index >= 15 is 0 Å². The molecule has 1 aliphatic heterocycles. The summed E-state index contributed by atoms with van der Waals surface area (Å²) in [7, 11) is 5.14. The number of hydrogen-bond acceptors (Lipinski definition) is 6. The van der Waals surface area contributed by atoms with Gasteiger partial charge in [-0.15, -0.1) is 0 Å². The molecule has 2 heterocycles. The highest BCUT2D eigenvalue weighted by Gasteiger charge is 2.16. The summed E-state index contributed by atoms with van der Waals surface area (Å²) >= 11 is 0. The quantitative estimate of drug-likeness (QED) is 0.562. The summed E-state index contributed by atoms with van der Waals surface area (Å²) in [5.41, 5.74) is 4.67. The van der Waals surface area contributed by atoms with Crippen molar-refractivity contribution in [2.45, 2.75) is 19.5 Å². The number of rotatable bonds is 7. The molecule has 0 saturated heterocycles. The van der Waals surface area contributed by atoms with Crippen molar-refractivity contribution in [3.8, 4) is 11.5 Å². The molecule has 8 nitrogen and oxygen atoms in total. The lowest BCUT2D eigenvalue weighted by atomic mass is 10.1. The fraction of sp³-hybridized carbons (Fsp3) is 0.269. The molecule has 0 saturated carbocycles. The van der Waals surface area contributed by atoms with Crippen LogP contribution < -0.4 is 20.1 Å². The third-order valence-corrected chi connectivity index (χ3v) is 5.78. The van der Waals surface area contributed by atoms with Gasteiger partial charge in [-0.25, -0.2) is 0 Å². The fourth-order valence-electron chi connectivity index (χ4n) is 3.92. The minimum atomic E-state index is -0.249. The molecule has 8 heteroatoms. The largest absolute Gasteiger partial charge is 0.493 e. The number of pyridine rings is 1. The zero-order chi connectivity index (χ0) is 24.1. The maximum atomic E-state index is 12.8. The number of carbonyl (C=O) groups is 2. The maximum absolute atomic E-state index is 12.8. The molecule has 2 aromatic carbocycles. The fourth-order valence-corrected chi connectivity index (χ4v) is 3.92. The van der Waals surface area contributed by atoms with Crippen LogP contribution in [-0.4, -0.2) is 49.5 Å². The zero-order valence-corrected chi connectivity index (χ0v) is 19.6. The lowest BCUT2D eigenvalue weighted by Crippen LogP contribution is -2.27. The minimum absolute atomic E-state index is 0.223. The summed E-state index contributed by atoms with van der Waals surface area (Å²) in [6.07, 6.45) is 2.62. The zero-order valence-electron chi connectivity index (χ0n) is 19.6. The average molecular weight is 461 g/mol. The molecule has 0 radical (unpaired) electrons. The normalized spacial score (nSPS) is 13.0. The van der Waals surface area contributed by atoms with Crippen molar-refractivity contribution in [1.29, 1.82) is 0 Å². The summed E-state index contributed by atoms with van der Waals surface area (Å²) in [6, 6.07) is 14.1. The molecule has 176 valence electrons. The molecule has 3 aromatic rings. The SMILES string of the molecule is COc1ccc(C(=O)NCc2cccc(C(=O)Nc3cnc4c(c3)CN(C)CC4)c2)cc1OC. The summed E-state index contributed by atoms with van der Waals surface area (Å²) in [6.45, 7) is 2.09. The average Bonchev–Trinajstić information content (AvgIpc) is 2.86. The van der Waals surface area contributed by atoms with E-state index in [9.17, 15) is 9.59 Å². The van der Waals surface area contributed by atoms with Crippen molar-refractivity contribution in [3.63, 3.8) is 0 Å². The summed E-state index contributed by atoms with van der Waals surface area (Å²) < 4.78 is 10.5. The second kappa shape index (κ2) is 10.4. The van der Waals surface area contributed by atoms with Crippen LogP contribution in [0.3, 0.4) is 0 Å². The molecule has 2 amide bonds. The van der Waals surface area contributed by atoms with Gasteiger partial charge >= 0.3 is 0 Å². The Balaban J connectivity index is 1.39. The third kappa shape index (κ3) is 5.35. The van der Waals surface area contributed by atoms with Crippen LogP contribution in [0.15, 0.2) is 54.7 Å². The molecule has 0 unspecified atom stereocenters. The first-order valence-electron chi connectivity index (χ1n) is 11.0. The third-order valence-electron chi connectivity index (χ3n) is 5.78. The standard InChI is InChI=1S/C26H28N4O4/c1-30-10-9-22-20(16-30)12-21(15-27-22)29-26(32)18-6-4-5-17(11-18)14-28-25(31)19-7-8-23(33-2)24(13-19)34-3/h4-8,11-13,15H,9-10,14,16H2,1-3H3,(H,28,31)(H,29,32). The number of methoxy groups -OCH3 is 2. The molecule has 0 fully saturated rings. The number of amides is 2. The van der Waals surface area contributed by atoms with E-state index in [1.807, 2.05) is 12.1 Å². The number of nitrogens with one attached hydrogen (secondary N) is 2. The smallest absolute Gasteiger partial charge is 0.255 e. The Hall–Kier alpha value is -3.91. The van der Waals surface area contributed by atoms with Crippen LogP contribution in [-0.2, 0) is 19.5 Å². The Morgan fingerprint density at radius 2 is 1.79 bits per heavy atom. The summed E-state index contributed by atoms with van der Waals surface area (Å²) in [4.78, 5) is 32.2. The molecule has 0 atom stereocenters. The maximum Gasteiger partial charge on any atom is 0.255 e. The van der Waals surface area contributed by atoms with Crippen LogP contribution in [0, 0.1) is 0 Å². The van der Waals surface area contributed by atoms with Gasteiger partial charge < -0.3 is 25.0 Å². The van der Waals surface area contributed by atoms with E-state index in [2.05, 4.69) is 27.6 Å². The van der Waals surface area contributed by atoms with E-state index in [4.69, 9.17) is 9.47 Å². The highest BCUT2D eigenvalue weighted by atomic mass is 16.5. The van der Waals surface area contributed by atoms with Gasteiger partial charge in [-0.3, -0.25) is 14.6 Å². The van der Waals surface area contributed by atoms with Gasteiger partial charge in [0.05, 0.1) is 26.1 Å². The Labute approximate surface area is 198 Å². The molecular weight excluding hydrogens is 432 g/mol. The van der Waals surface area contributed by atoms with Crippen LogP contribution in [0.1, 0.15) is 37.5 Å². The predicted molar refractivity (Wildman–Crippen MR) is 129 cm³/mol. The number of carbonyl (C=O) groups excluding carboxylic acids is 2. The Morgan fingerprint density at radius 1 is 1.00 bits per heavy atom. The number of anilines is 1. The number of hydrogen-bond donors (Lipinski definition) is 2. The van der Waals surface area contributed by atoms with Gasteiger partial charge in [-0.1, -0.05) is 12.1 Å². The predicted octanol–water partition coefficient (Wildman–Crippen LogP) is 3.27. The van der Waals surface area contributed by atoms with Crippen molar-refractivity contribution in [3.05, 3.63) is 82.7 Å². The van der Waals surface area contributed by atoms with Gasteiger partial charge in [0.25, 0.3) is 11.8 Å². The van der Waals surface area contributed by atoms with Crippen molar-refractivity contribution < 1.29 is 19.1 Å². The number of fused-ring (bicyclic) bond motifs is 1. The molecule has 34 heavy (non-hydrogen) atoms. The monoisotopic (exact) mass is 460 g/mol. The van der Waals surface area contributed by atoms with Crippen LogP contribution >= 0.6 is 0 Å². The summed E-state index contributed by atoms with van der Waals surface area (Å²) in [5, 5.41) is 5.81. The molecule has 0 aliphatic carbocycles. The van der Waals surface area contributed by atoms with Crippen LogP contribution in [0.2, 0.25) is 0 Å². The van der Waals surface area contributed by atoms with E-state index in [0.29, 0.717) is 28.3 Å². The van der Waals surface area contributed by atoms with Crippen LogP contribution in [0.25, 0.3) is 0 Å². The van der Waals surface area contributed by atoms with E-state index in [-0.39, 0.29) is 18.4 Å². The van der Waals surface area contributed by atoms with Crippen molar-refractivity contribution in [2.75, 3.05) is 33.1 Å². The van der Waals surface area contributed by atoms with Crippen LogP contribution in [0.5, 0.6) is 11.5 Å². The second-order valence-corrected chi connectivity index (χ2v) is 8.22. The lowest BCUT2D eigenvalue weighted by Gasteiger charge is -2.24. The molecule has 0 spiro atoms. The molecule has 1 aliphatic rings.